The number of hydrogen-bond donors (Lipinski definition) is 1. The molecule has 142 valence electrons. The number of thiophene rings is 1. The summed E-state index contributed by atoms with van der Waals surface area (Å²) in [6, 6.07) is 9.35. The lowest BCUT2D eigenvalue weighted by Gasteiger charge is -2.25. The molecule has 4 heterocycles. The average Bonchev–Trinajstić information content (AvgIpc) is 3.44. The van der Waals surface area contributed by atoms with E-state index in [1.54, 1.807) is 34.2 Å². The van der Waals surface area contributed by atoms with Crippen LogP contribution in [0.5, 0.6) is 0 Å². The molecule has 1 atom stereocenters. The fourth-order valence-electron chi connectivity index (χ4n) is 3.16. The number of furan rings is 1. The van der Waals surface area contributed by atoms with Crippen molar-refractivity contribution in [2.24, 2.45) is 7.05 Å². The van der Waals surface area contributed by atoms with Crippen LogP contribution in [0.15, 0.2) is 46.4 Å². The van der Waals surface area contributed by atoms with Gasteiger partial charge in [0.25, 0.3) is 0 Å². The number of aromatic nitrogens is 2. The monoisotopic (exact) mass is 386 g/mol. The number of aryl methyl sites for hydroxylation is 1. The maximum Gasteiger partial charge on any atom is 0.323 e. The van der Waals surface area contributed by atoms with Gasteiger partial charge in [0.05, 0.1) is 18.9 Å². The molecule has 2 amide bonds. The Bertz CT molecular complexity index is 867. The van der Waals surface area contributed by atoms with Crippen molar-refractivity contribution in [3.63, 3.8) is 0 Å². The van der Waals surface area contributed by atoms with E-state index in [9.17, 15) is 4.79 Å². The van der Waals surface area contributed by atoms with Crippen LogP contribution in [0.25, 0.3) is 11.5 Å². The van der Waals surface area contributed by atoms with E-state index < -0.39 is 0 Å². The zero-order chi connectivity index (χ0) is 18.6. The molecule has 0 saturated carbocycles. The van der Waals surface area contributed by atoms with Crippen molar-refractivity contribution in [3.05, 3.63) is 46.9 Å². The Morgan fingerprint density at radius 2 is 2.37 bits per heavy atom. The normalized spacial score (nSPS) is 16.6. The highest BCUT2D eigenvalue weighted by Gasteiger charge is 2.24. The van der Waals surface area contributed by atoms with Crippen molar-refractivity contribution in [1.29, 1.82) is 0 Å². The highest BCUT2D eigenvalue weighted by molar-refractivity contribution is 7.09. The summed E-state index contributed by atoms with van der Waals surface area (Å²) in [5.74, 6) is 1.29. The molecule has 1 saturated heterocycles. The molecule has 7 nitrogen and oxygen atoms in total. The van der Waals surface area contributed by atoms with E-state index in [1.165, 1.54) is 0 Å². The van der Waals surface area contributed by atoms with E-state index in [0.29, 0.717) is 30.4 Å². The van der Waals surface area contributed by atoms with E-state index >= 15 is 0 Å². The number of nitrogens with one attached hydrogen (secondary N) is 1. The van der Waals surface area contributed by atoms with Gasteiger partial charge >= 0.3 is 6.03 Å². The molecule has 0 spiro atoms. The molecule has 4 rings (SSSR count). The van der Waals surface area contributed by atoms with Crippen molar-refractivity contribution < 1.29 is 13.9 Å². The lowest BCUT2D eigenvalue weighted by Crippen LogP contribution is -2.39. The quantitative estimate of drug-likeness (QED) is 0.696. The zero-order valence-corrected chi connectivity index (χ0v) is 15.9. The lowest BCUT2D eigenvalue weighted by molar-refractivity contribution is 0.0821. The molecule has 3 aromatic rings. The largest absolute Gasteiger partial charge is 0.463 e. The van der Waals surface area contributed by atoms with Crippen LogP contribution < -0.4 is 5.32 Å². The van der Waals surface area contributed by atoms with Gasteiger partial charge in [0.1, 0.15) is 11.5 Å². The molecule has 0 bridgehead atoms. The smallest absolute Gasteiger partial charge is 0.323 e. The van der Waals surface area contributed by atoms with Gasteiger partial charge in [0.2, 0.25) is 0 Å². The number of anilines is 1. The third-order valence-corrected chi connectivity index (χ3v) is 5.41. The second kappa shape index (κ2) is 7.98. The van der Waals surface area contributed by atoms with Crippen molar-refractivity contribution in [1.82, 2.24) is 14.7 Å². The van der Waals surface area contributed by atoms with Crippen molar-refractivity contribution in [2.75, 3.05) is 18.5 Å². The Kier molecular flexibility index (Phi) is 5.26. The van der Waals surface area contributed by atoms with Crippen molar-refractivity contribution in [2.45, 2.75) is 25.5 Å². The Labute approximate surface area is 161 Å². The van der Waals surface area contributed by atoms with Crippen LogP contribution >= 0.6 is 11.3 Å². The van der Waals surface area contributed by atoms with Gasteiger partial charge in [-0.25, -0.2) is 4.79 Å². The van der Waals surface area contributed by atoms with E-state index in [2.05, 4.69) is 10.4 Å². The zero-order valence-electron chi connectivity index (χ0n) is 15.1. The fraction of sp³-hybridized carbons (Fsp3) is 0.368. The van der Waals surface area contributed by atoms with Crippen molar-refractivity contribution in [3.8, 4) is 11.5 Å². The number of carbonyl (C=O) groups excluding carboxylic acids is 1. The molecule has 3 aromatic heterocycles. The minimum absolute atomic E-state index is 0.0981. The molecule has 0 radical (unpaired) electrons. The predicted octanol–water partition coefficient (Wildman–Crippen LogP) is 3.95. The van der Waals surface area contributed by atoms with Gasteiger partial charge in [-0.05, 0) is 36.4 Å². The van der Waals surface area contributed by atoms with Gasteiger partial charge < -0.3 is 14.1 Å². The Morgan fingerprint density at radius 3 is 3.07 bits per heavy atom. The van der Waals surface area contributed by atoms with Crippen molar-refractivity contribution >= 4 is 23.2 Å². The maximum atomic E-state index is 13.0. The molecule has 27 heavy (non-hydrogen) atoms. The molecule has 1 N–H and O–H groups in total. The van der Waals surface area contributed by atoms with E-state index in [4.69, 9.17) is 9.15 Å². The second-order valence-corrected chi connectivity index (χ2v) is 7.57. The second-order valence-electron chi connectivity index (χ2n) is 6.54. The Hall–Kier alpha value is -2.58. The number of hydrogen-bond acceptors (Lipinski definition) is 5. The van der Waals surface area contributed by atoms with Crippen LogP contribution in [0.2, 0.25) is 0 Å². The molecule has 1 aliphatic rings. The molecule has 0 aromatic carbocycles. The average molecular weight is 386 g/mol. The number of amides is 2. The first-order valence-electron chi connectivity index (χ1n) is 8.97. The Morgan fingerprint density at radius 1 is 1.44 bits per heavy atom. The summed E-state index contributed by atoms with van der Waals surface area (Å²) in [6.07, 6.45) is 3.74. The van der Waals surface area contributed by atoms with Gasteiger partial charge in [0.15, 0.2) is 5.76 Å². The first kappa shape index (κ1) is 17.8. The van der Waals surface area contributed by atoms with Gasteiger partial charge in [-0.1, -0.05) is 6.07 Å². The van der Waals surface area contributed by atoms with E-state index in [1.807, 2.05) is 35.7 Å². The summed E-state index contributed by atoms with van der Waals surface area (Å²) < 4.78 is 12.8. The summed E-state index contributed by atoms with van der Waals surface area (Å²) in [6.45, 7) is 1.91. The lowest BCUT2D eigenvalue weighted by atomic mass is 10.2. The summed E-state index contributed by atoms with van der Waals surface area (Å²) >= 11 is 1.65. The standard InChI is InChI=1S/C19H22N4O3S/c1-22-18(11-16(21-22)17-7-3-9-26-17)20-19(24)23(12-14-5-2-8-25-14)13-15-6-4-10-27-15/h3-4,6-7,9-11,14H,2,5,8,12-13H2,1H3,(H,20,24). The number of ether oxygens (including phenoxy) is 1. The van der Waals surface area contributed by atoms with Crippen LogP contribution in [-0.2, 0) is 18.3 Å². The minimum atomic E-state index is -0.159. The summed E-state index contributed by atoms with van der Waals surface area (Å²) in [5.41, 5.74) is 0.682. The molecule has 8 heteroatoms. The maximum absolute atomic E-state index is 13.0. The SMILES string of the molecule is Cn1nc(-c2ccco2)cc1NC(=O)N(Cc1cccs1)CC1CCCO1. The Balaban J connectivity index is 1.48. The van der Waals surface area contributed by atoms with E-state index in [-0.39, 0.29) is 12.1 Å². The summed E-state index contributed by atoms with van der Waals surface area (Å²) in [4.78, 5) is 15.9. The first-order chi connectivity index (χ1) is 13.2. The van der Waals surface area contributed by atoms with Gasteiger partial charge in [0, 0.05) is 31.1 Å². The van der Waals surface area contributed by atoms with Gasteiger partial charge in [-0.2, -0.15) is 5.10 Å². The topological polar surface area (TPSA) is 72.5 Å². The molecule has 1 aliphatic heterocycles. The molecular formula is C19H22N4O3S. The van der Waals surface area contributed by atoms with E-state index in [0.717, 1.165) is 24.3 Å². The molecule has 1 unspecified atom stereocenters. The van der Waals surface area contributed by atoms with Crippen LogP contribution in [0, 0.1) is 0 Å². The van der Waals surface area contributed by atoms with Crippen LogP contribution in [0.4, 0.5) is 10.6 Å². The minimum Gasteiger partial charge on any atom is -0.463 e. The highest BCUT2D eigenvalue weighted by atomic mass is 32.1. The molecular weight excluding hydrogens is 364 g/mol. The first-order valence-corrected chi connectivity index (χ1v) is 9.85. The molecule has 1 fully saturated rings. The van der Waals surface area contributed by atoms with Gasteiger partial charge in [-0.3, -0.25) is 10.00 Å². The fourth-order valence-corrected chi connectivity index (χ4v) is 3.88. The third-order valence-electron chi connectivity index (χ3n) is 4.55. The predicted molar refractivity (Wildman–Crippen MR) is 104 cm³/mol. The third kappa shape index (κ3) is 4.23. The molecule has 0 aliphatic carbocycles. The highest BCUT2D eigenvalue weighted by Crippen LogP contribution is 2.23. The van der Waals surface area contributed by atoms with Crippen LogP contribution in [0.1, 0.15) is 17.7 Å². The number of carbonyl (C=O) groups is 1. The number of nitrogens with zero attached hydrogens (tertiary/aromatic N) is 3. The van der Waals surface area contributed by atoms with Gasteiger partial charge in [-0.15, -0.1) is 11.3 Å². The van der Waals surface area contributed by atoms with Crippen LogP contribution in [-0.4, -0.2) is 40.0 Å². The summed E-state index contributed by atoms with van der Waals surface area (Å²) in [7, 11) is 1.80. The number of urea groups is 1. The summed E-state index contributed by atoms with van der Waals surface area (Å²) in [5, 5.41) is 9.41. The van der Waals surface area contributed by atoms with Crippen LogP contribution in [0.3, 0.4) is 0 Å². The number of rotatable bonds is 6.